The Balaban J connectivity index is 1.13. The lowest BCUT2D eigenvalue weighted by atomic mass is 9.94. The highest BCUT2D eigenvalue weighted by atomic mass is 16.7. The first kappa shape index (κ1) is 49.1. The number of benzene rings is 6. The Morgan fingerprint density at radius 3 is 1.39 bits per heavy atom. The van der Waals surface area contributed by atoms with Crippen LogP contribution in [-0.2, 0) is 87.1 Å². The summed E-state index contributed by atoms with van der Waals surface area (Å²) in [6.45, 7) is 5.85. The zero-order valence-electron chi connectivity index (χ0n) is 38.2. The molecule has 0 radical (unpaired) electrons. The van der Waals surface area contributed by atoms with Crippen LogP contribution in [0, 0.1) is 0 Å². The van der Waals surface area contributed by atoms with Crippen molar-refractivity contribution in [1.29, 1.82) is 0 Å². The van der Waals surface area contributed by atoms with Gasteiger partial charge in [0, 0.05) is 13.5 Å². The van der Waals surface area contributed by atoms with Crippen LogP contribution < -0.4 is 0 Å². The van der Waals surface area contributed by atoms with Crippen molar-refractivity contribution in [2.75, 3.05) is 13.7 Å². The van der Waals surface area contributed by atoms with Gasteiger partial charge in [0.05, 0.1) is 52.4 Å². The molecule has 7 rings (SSSR count). The van der Waals surface area contributed by atoms with Crippen LogP contribution in [0.15, 0.2) is 195 Å². The van der Waals surface area contributed by atoms with Gasteiger partial charge >= 0.3 is 5.97 Å². The number of ether oxygens (including phenoxy) is 9. The fourth-order valence-electron chi connectivity index (χ4n) is 7.96. The van der Waals surface area contributed by atoms with Crippen molar-refractivity contribution in [3.63, 3.8) is 0 Å². The van der Waals surface area contributed by atoms with E-state index >= 15 is 0 Å². The molecule has 1 heterocycles. The zero-order valence-corrected chi connectivity index (χ0v) is 38.2. The zero-order chi connectivity index (χ0) is 46.3. The Bertz CT molecular complexity index is 2270. The molecule has 10 nitrogen and oxygen atoms in total. The van der Waals surface area contributed by atoms with Gasteiger partial charge in [-0.2, -0.15) is 0 Å². The second-order valence-electron chi connectivity index (χ2n) is 16.4. The topological polar surface area (TPSA) is 100 Å². The van der Waals surface area contributed by atoms with Crippen LogP contribution in [0.1, 0.15) is 46.2 Å². The number of carbonyl (C=O) groups excluding carboxylic acids is 1. The van der Waals surface area contributed by atoms with Crippen LogP contribution in [0.5, 0.6) is 0 Å². The van der Waals surface area contributed by atoms with Gasteiger partial charge in [0.25, 0.3) is 0 Å². The summed E-state index contributed by atoms with van der Waals surface area (Å²) >= 11 is 0. The number of esters is 1. The Labute approximate surface area is 395 Å². The third kappa shape index (κ3) is 15.6. The maximum Gasteiger partial charge on any atom is 0.306 e. The van der Waals surface area contributed by atoms with E-state index in [2.05, 4.69) is 6.58 Å². The quantitative estimate of drug-likeness (QED) is 0.0367. The van der Waals surface area contributed by atoms with Gasteiger partial charge in [-0.1, -0.05) is 188 Å². The highest BCUT2D eigenvalue weighted by Crippen LogP contribution is 2.33. The first-order valence-corrected chi connectivity index (χ1v) is 23.0. The van der Waals surface area contributed by atoms with E-state index in [9.17, 15) is 4.79 Å². The molecule has 6 aromatic carbocycles. The molecule has 1 saturated heterocycles. The molecule has 0 N–H and O–H groups in total. The molecule has 0 spiro atoms. The standard InChI is InChI=1S/C57H62O10/c1-3-49(61-37-44-24-12-5-13-25-44)53(62-38-45-26-14-6-15-27-45)51(42-60-36-43-22-10-4-11-23-43)66-52(58)35-34-50-54(63-39-46-28-16-7-17-29-46)55(64-40-47-30-18-8-19-31-47)56(57(59-2)67-50)65-41-48-32-20-9-21-33-48/h3-33,49-51,53-57H,1,34-42H2,2H3/t49-,50+,51+,53+,54+,55-,56-,57-/m0/s1. The molecule has 0 aliphatic carbocycles. The normalized spacial score (nSPS) is 19.5. The molecular formula is C57H62O10. The van der Waals surface area contributed by atoms with Gasteiger partial charge in [-0.25, -0.2) is 0 Å². The van der Waals surface area contributed by atoms with Crippen molar-refractivity contribution in [2.45, 2.75) is 102 Å². The summed E-state index contributed by atoms with van der Waals surface area (Å²) in [5.74, 6) is -0.476. The molecule has 10 heteroatoms. The summed E-state index contributed by atoms with van der Waals surface area (Å²) in [7, 11) is 1.58. The number of rotatable bonds is 27. The van der Waals surface area contributed by atoms with Crippen LogP contribution in [0.4, 0.5) is 0 Å². The molecule has 0 aromatic heterocycles. The first-order valence-electron chi connectivity index (χ1n) is 23.0. The second-order valence-corrected chi connectivity index (χ2v) is 16.4. The Morgan fingerprint density at radius 2 is 0.940 bits per heavy atom. The average Bonchev–Trinajstić information content (AvgIpc) is 3.38. The number of hydrogen-bond donors (Lipinski definition) is 0. The third-order valence-electron chi connectivity index (χ3n) is 11.5. The monoisotopic (exact) mass is 906 g/mol. The van der Waals surface area contributed by atoms with Crippen molar-refractivity contribution < 1.29 is 47.4 Å². The summed E-state index contributed by atoms with van der Waals surface area (Å²) in [6.07, 6.45) is -3.98. The van der Waals surface area contributed by atoms with Gasteiger partial charge in [0.15, 0.2) is 12.4 Å². The minimum atomic E-state index is -0.888. The Morgan fingerprint density at radius 1 is 0.537 bits per heavy atom. The van der Waals surface area contributed by atoms with Crippen LogP contribution in [-0.4, -0.2) is 68.7 Å². The molecule has 1 fully saturated rings. The summed E-state index contributed by atoms with van der Waals surface area (Å²) < 4.78 is 58.7. The van der Waals surface area contributed by atoms with Gasteiger partial charge in [0.2, 0.25) is 0 Å². The minimum absolute atomic E-state index is 0.0303. The van der Waals surface area contributed by atoms with Gasteiger partial charge in [-0.3, -0.25) is 4.79 Å². The van der Waals surface area contributed by atoms with E-state index in [4.69, 9.17) is 42.6 Å². The number of methoxy groups -OCH3 is 1. The summed E-state index contributed by atoms with van der Waals surface area (Å²) in [5, 5.41) is 0. The van der Waals surface area contributed by atoms with Crippen LogP contribution in [0.2, 0.25) is 0 Å². The molecule has 0 amide bonds. The van der Waals surface area contributed by atoms with E-state index in [0.29, 0.717) is 26.4 Å². The van der Waals surface area contributed by atoms with E-state index in [0.717, 1.165) is 33.4 Å². The molecule has 1 aliphatic heterocycles. The maximum atomic E-state index is 14.4. The SMILES string of the molecule is C=C[C@H](OCc1ccccc1)[C@@H](OCc1ccccc1)[C@@H](COCc1ccccc1)OC(=O)CC[C@H]1O[C@H](OC)[C@@H](OCc2ccccc2)[C@@H](OCc2ccccc2)[C@@H]1OCc1ccccc1. The predicted molar refractivity (Wildman–Crippen MR) is 256 cm³/mol. The fourth-order valence-corrected chi connectivity index (χ4v) is 7.96. The molecule has 1 aliphatic rings. The van der Waals surface area contributed by atoms with Crippen molar-refractivity contribution in [3.05, 3.63) is 228 Å². The lowest BCUT2D eigenvalue weighted by molar-refractivity contribution is -0.318. The molecule has 8 atom stereocenters. The lowest BCUT2D eigenvalue weighted by Crippen LogP contribution is -2.60. The minimum Gasteiger partial charge on any atom is -0.457 e. The number of carbonyl (C=O) groups is 1. The Hall–Kier alpha value is -5.79. The number of hydrogen-bond acceptors (Lipinski definition) is 10. The average molecular weight is 907 g/mol. The molecule has 6 aromatic rings. The summed E-state index contributed by atoms with van der Waals surface area (Å²) in [6, 6.07) is 59.4. The van der Waals surface area contributed by atoms with Crippen molar-refractivity contribution in [3.8, 4) is 0 Å². The third-order valence-corrected chi connectivity index (χ3v) is 11.5. The van der Waals surface area contributed by atoms with Gasteiger partial charge in [-0.15, -0.1) is 6.58 Å². The van der Waals surface area contributed by atoms with E-state index in [-0.39, 0.29) is 32.7 Å². The fraction of sp³-hybridized carbons (Fsp3) is 0.316. The van der Waals surface area contributed by atoms with Crippen LogP contribution in [0.3, 0.4) is 0 Å². The maximum absolute atomic E-state index is 14.4. The molecule has 0 saturated carbocycles. The van der Waals surface area contributed by atoms with Crippen LogP contribution in [0.25, 0.3) is 0 Å². The summed E-state index contributed by atoms with van der Waals surface area (Å²) in [4.78, 5) is 14.4. The van der Waals surface area contributed by atoms with Crippen molar-refractivity contribution in [2.24, 2.45) is 0 Å². The van der Waals surface area contributed by atoms with Gasteiger partial charge < -0.3 is 42.6 Å². The van der Waals surface area contributed by atoms with E-state index < -0.39 is 55.0 Å². The van der Waals surface area contributed by atoms with Crippen molar-refractivity contribution in [1.82, 2.24) is 0 Å². The van der Waals surface area contributed by atoms with E-state index in [1.165, 1.54) is 0 Å². The highest BCUT2D eigenvalue weighted by molar-refractivity contribution is 5.69. The van der Waals surface area contributed by atoms with E-state index in [1.54, 1.807) is 13.2 Å². The lowest BCUT2D eigenvalue weighted by Gasteiger charge is -2.45. The largest absolute Gasteiger partial charge is 0.457 e. The Kier molecular flexibility index (Phi) is 19.9. The highest BCUT2D eigenvalue weighted by Gasteiger charge is 2.49. The van der Waals surface area contributed by atoms with Crippen molar-refractivity contribution >= 4 is 5.97 Å². The van der Waals surface area contributed by atoms with Crippen LogP contribution >= 0.6 is 0 Å². The molecule has 0 unspecified atom stereocenters. The molecule has 350 valence electrons. The first-order chi connectivity index (χ1) is 33.1. The molecular weight excluding hydrogens is 845 g/mol. The smallest absolute Gasteiger partial charge is 0.306 e. The van der Waals surface area contributed by atoms with Gasteiger partial charge in [0.1, 0.15) is 30.5 Å². The predicted octanol–water partition coefficient (Wildman–Crippen LogP) is 10.4. The second kappa shape index (κ2) is 27.1. The molecule has 67 heavy (non-hydrogen) atoms. The summed E-state index contributed by atoms with van der Waals surface area (Å²) in [5.41, 5.74) is 5.87. The molecule has 0 bridgehead atoms. The van der Waals surface area contributed by atoms with E-state index in [1.807, 2.05) is 182 Å². The van der Waals surface area contributed by atoms with Gasteiger partial charge in [-0.05, 0) is 39.8 Å².